The highest BCUT2D eigenvalue weighted by Gasteiger charge is 2.32. The van der Waals surface area contributed by atoms with Gasteiger partial charge in [-0.25, -0.2) is 0 Å². The summed E-state index contributed by atoms with van der Waals surface area (Å²) in [4.78, 5) is 17.3. The summed E-state index contributed by atoms with van der Waals surface area (Å²) in [6.45, 7) is 4.60. The summed E-state index contributed by atoms with van der Waals surface area (Å²) in [6.07, 6.45) is -1.48. The monoisotopic (exact) mass is 422 g/mol. The number of rotatable bonds is 4. The zero-order chi connectivity index (χ0) is 21.1. The lowest BCUT2D eigenvalue weighted by molar-refractivity contribution is -0.137. The number of piperidine rings is 1. The van der Waals surface area contributed by atoms with Crippen molar-refractivity contribution in [2.75, 3.05) is 39.4 Å². The molecule has 5 nitrogen and oxygen atoms in total. The number of ether oxygens (including phenoxy) is 1. The number of hydrogen-bond donors (Lipinski definition) is 0. The number of carbonyl (C=O) groups is 1. The van der Waals surface area contributed by atoms with Crippen molar-refractivity contribution < 1.29 is 27.1 Å². The lowest BCUT2D eigenvalue weighted by Gasteiger charge is -2.39. The molecule has 1 unspecified atom stereocenters. The van der Waals surface area contributed by atoms with Gasteiger partial charge in [0.25, 0.3) is 5.91 Å². The maximum Gasteiger partial charge on any atom is 0.416 e. The van der Waals surface area contributed by atoms with Crippen LogP contribution < -0.4 is 0 Å². The van der Waals surface area contributed by atoms with E-state index in [0.717, 1.165) is 51.0 Å². The van der Waals surface area contributed by atoms with E-state index in [1.807, 2.05) is 4.90 Å². The van der Waals surface area contributed by atoms with E-state index in [1.54, 1.807) is 18.2 Å². The zero-order valence-corrected chi connectivity index (χ0v) is 16.7. The maximum atomic E-state index is 13.1. The van der Waals surface area contributed by atoms with E-state index in [9.17, 15) is 18.0 Å². The third kappa shape index (κ3) is 4.70. The smallest absolute Gasteiger partial charge is 0.416 e. The molecule has 162 valence electrons. The number of furan rings is 1. The van der Waals surface area contributed by atoms with Crippen LogP contribution in [-0.2, 0) is 10.9 Å². The fraction of sp³-hybridized carbons (Fsp3) is 0.500. The van der Waals surface area contributed by atoms with Crippen molar-refractivity contribution in [3.05, 3.63) is 47.7 Å². The van der Waals surface area contributed by atoms with Gasteiger partial charge in [0.05, 0.1) is 18.8 Å². The van der Waals surface area contributed by atoms with Crippen LogP contribution in [0.1, 0.15) is 35.4 Å². The van der Waals surface area contributed by atoms with Gasteiger partial charge in [-0.1, -0.05) is 12.1 Å². The van der Waals surface area contributed by atoms with Crippen LogP contribution in [0, 0.1) is 0 Å². The van der Waals surface area contributed by atoms with E-state index in [0.29, 0.717) is 25.3 Å². The highest BCUT2D eigenvalue weighted by atomic mass is 19.4. The summed E-state index contributed by atoms with van der Waals surface area (Å²) >= 11 is 0. The molecule has 0 aliphatic carbocycles. The van der Waals surface area contributed by atoms with Gasteiger partial charge in [0.2, 0.25) is 0 Å². The van der Waals surface area contributed by atoms with Crippen molar-refractivity contribution in [3.63, 3.8) is 0 Å². The van der Waals surface area contributed by atoms with Crippen LogP contribution >= 0.6 is 0 Å². The van der Waals surface area contributed by atoms with Gasteiger partial charge >= 0.3 is 6.18 Å². The minimum atomic E-state index is -4.43. The number of morpholine rings is 1. The molecule has 1 atom stereocenters. The van der Waals surface area contributed by atoms with E-state index < -0.39 is 11.7 Å². The molecule has 2 aliphatic rings. The van der Waals surface area contributed by atoms with Crippen LogP contribution in [0.3, 0.4) is 0 Å². The molecule has 1 aromatic heterocycles. The first-order valence-electron chi connectivity index (χ1n) is 10.3. The lowest BCUT2D eigenvalue weighted by atomic mass is 10.0. The molecule has 30 heavy (non-hydrogen) atoms. The summed E-state index contributed by atoms with van der Waals surface area (Å²) in [5.41, 5.74) is -0.446. The number of halogens is 3. The van der Waals surface area contributed by atoms with Gasteiger partial charge in [0.1, 0.15) is 5.76 Å². The maximum absolute atomic E-state index is 13.1. The fourth-order valence-corrected chi connectivity index (χ4v) is 4.14. The Morgan fingerprint density at radius 2 is 1.87 bits per heavy atom. The minimum Gasteiger partial charge on any atom is -0.451 e. The molecule has 3 heterocycles. The van der Waals surface area contributed by atoms with E-state index in [-0.39, 0.29) is 23.5 Å². The Morgan fingerprint density at radius 1 is 1.07 bits per heavy atom. The molecule has 0 saturated carbocycles. The lowest BCUT2D eigenvalue weighted by Crippen LogP contribution is -2.51. The Morgan fingerprint density at radius 3 is 2.63 bits per heavy atom. The van der Waals surface area contributed by atoms with Crippen LogP contribution in [0.25, 0.3) is 11.3 Å². The Balaban J connectivity index is 1.50. The third-order valence-corrected chi connectivity index (χ3v) is 5.75. The molecular formula is C22H25F3N2O3. The molecule has 0 spiro atoms. The van der Waals surface area contributed by atoms with Gasteiger partial charge in [0, 0.05) is 37.8 Å². The van der Waals surface area contributed by atoms with E-state index in [4.69, 9.17) is 9.15 Å². The van der Waals surface area contributed by atoms with Crippen molar-refractivity contribution in [2.45, 2.75) is 31.5 Å². The number of hydrogen-bond acceptors (Lipinski definition) is 4. The topological polar surface area (TPSA) is 45.9 Å². The molecule has 1 amide bonds. The van der Waals surface area contributed by atoms with Crippen LogP contribution in [0.4, 0.5) is 13.2 Å². The van der Waals surface area contributed by atoms with Gasteiger partial charge in [-0.3, -0.25) is 9.69 Å². The SMILES string of the molecule is O=C(c1ccc(-c2cccc(C(F)(F)F)c2)o1)N1CCCCC1CN1CCOCC1. The van der Waals surface area contributed by atoms with Crippen molar-refractivity contribution in [2.24, 2.45) is 0 Å². The largest absolute Gasteiger partial charge is 0.451 e. The molecule has 2 aliphatic heterocycles. The molecule has 8 heteroatoms. The molecule has 0 bridgehead atoms. The quantitative estimate of drug-likeness (QED) is 0.738. The molecule has 2 saturated heterocycles. The van der Waals surface area contributed by atoms with Crippen molar-refractivity contribution in [1.82, 2.24) is 9.80 Å². The third-order valence-electron chi connectivity index (χ3n) is 5.75. The Labute approximate surface area is 173 Å². The number of carbonyl (C=O) groups excluding carboxylic acids is 1. The number of alkyl halides is 3. The standard InChI is InChI=1S/C22H25F3N2O3/c23-22(24,25)17-5-3-4-16(14-17)19-7-8-20(30-19)21(28)27-9-2-1-6-18(27)15-26-10-12-29-13-11-26/h3-5,7-8,14,18H,1-2,6,9-13,15H2. The molecule has 0 radical (unpaired) electrons. The van der Waals surface area contributed by atoms with Crippen LogP contribution in [0.2, 0.25) is 0 Å². The second-order valence-corrected chi connectivity index (χ2v) is 7.80. The van der Waals surface area contributed by atoms with E-state index in [1.165, 1.54) is 6.07 Å². The van der Waals surface area contributed by atoms with Gasteiger partial charge < -0.3 is 14.1 Å². The summed E-state index contributed by atoms with van der Waals surface area (Å²) < 4.78 is 50.1. The first-order chi connectivity index (χ1) is 14.4. The van der Waals surface area contributed by atoms with E-state index >= 15 is 0 Å². The number of likely N-dealkylation sites (tertiary alicyclic amines) is 1. The van der Waals surface area contributed by atoms with Gasteiger partial charge in [-0.2, -0.15) is 13.2 Å². The van der Waals surface area contributed by atoms with Crippen LogP contribution in [-0.4, -0.2) is 61.1 Å². The first-order valence-corrected chi connectivity index (χ1v) is 10.3. The Kier molecular flexibility index (Phi) is 6.15. The fourth-order valence-electron chi connectivity index (χ4n) is 4.14. The van der Waals surface area contributed by atoms with Gasteiger partial charge in [-0.05, 0) is 43.5 Å². The van der Waals surface area contributed by atoms with Gasteiger partial charge in [-0.15, -0.1) is 0 Å². The van der Waals surface area contributed by atoms with Gasteiger partial charge in [0.15, 0.2) is 5.76 Å². The normalized spacial score (nSPS) is 21.0. The minimum absolute atomic E-state index is 0.103. The van der Waals surface area contributed by atoms with Crippen LogP contribution in [0.15, 0.2) is 40.8 Å². The second kappa shape index (κ2) is 8.81. The number of benzene rings is 1. The Hall–Kier alpha value is -2.32. The highest BCUT2D eigenvalue weighted by molar-refractivity contribution is 5.92. The van der Waals surface area contributed by atoms with Crippen molar-refractivity contribution in [3.8, 4) is 11.3 Å². The molecule has 0 N–H and O–H groups in total. The molecule has 2 aromatic rings. The second-order valence-electron chi connectivity index (χ2n) is 7.80. The summed E-state index contributed by atoms with van der Waals surface area (Å²) in [5, 5.41) is 0. The first kappa shape index (κ1) is 20.9. The number of nitrogens with zero attached hydrogens (tertiary/aromatic N) is 2. The average molecular weight is 422 g/mol. The summed E-state index contributed by atoms with van der Waals surface area (Å²) in [7, 11) is 0. The molecule has 2 fully saturated rings. The summed E-state index contributed by atoms with van der Waals surface area (Å²) in [6, 6.07) is 8.15. The van der Waals surface area contributed by atoms with Crippen molar-refractivity contribution in [1.29, 1.82) is 0 Å². The van der Waals surface area contributed by atoms with Crippen LogP contribution in [0.5, 0.6) is 0 Å². The molecule has 1 aromatic carbocycles. The molecule has 4 rings (SSSR count). The number of amides is 1. The average Bonchev–Trinajstić information content (AvgIpc) is 3.24. The predicted molar refractivity (Wildman–Crippen MR) is 105 cm³/mol. The van der Waals surface area contributed by atoms with E-state index in [2.05, 4.69) is 4.90 Å². The predicted octanol–water partition coefficient (Wildman–Crippen LogP) is 4.29. The zero-order valence-electron chi connectivity index (χ0n) is 16.7. The Bertz CT molecular complexity index is 875. The molecular weight excluding hydrogens is 397 g/mol. The highest BCUT2D eigenvalue weighted by Crippen LogP contribution is 2.33. The van der Waals surface area contributed by atoms with Crippen molar-refractivity contribution >= 4 is 5.91 Å². The summed E-state index contributed by atoms with van der Waals surface area (Å²) in [5.74, 6) is 0.216.